The van der Waals surface area contributed by atoms with Gasteiger partial charge < -0.3 is 5.11 Å². The maximum absolute atomic E-state index is 11.2. The second kappa shape index (κ2) is 5.47. The molecule has 6 heteroatoms. The highest BCUT2D eigenvalue weighted by Crippen LogP contribution is 2.30. The molecule has 0 bridgehead atoms. The molecule has 1 aromatic heterocycles. The standard InChI is InChI=1S/C14H12BrN3O2/c1-8(2)13-11(15)12(14(19)20)17-18(13)10-5-3-4-9(6-10)7-16/h3-6,8H,1-2H3,(H,19,20). The zero-order valence-corrected chi connectivity index (χ0v) is 12.5. The zero-order valence-electron chi connectivity index (χ0n) is 11.0. The molecule has 0 radical (unpaired) electrons. The fourth-order valence-electron chi connectivity index (χ4n) is 1.95. The molecule has 0 aliphatic rings. The van der Waals surface area contributed by atoms with E-state index in [1.165, 1.54) is 0 Å². The first kappa shape index (κ1) is 14.3. The molecule has 1 aromatic carbocycles. The van der Waals surface area contributed by atoms with Crippen molar-refractivity contribution in [3.8, 4) is 11.8 Å². The van der Waals surface area contributed by atoms with Crippen LogP contribution in [0.25, 0.3) is 5.69 Å². The Kier molecular flexibility index (Phi) is 3.91. The minimum Gasteiger partial charge on any atom is -0.476 e. The van der Waals surface area contributed by atoms with Crippen LogP contribution in [0.2, 0.25) is 0 Å². The number of nitriles is 1. The van der Waals surface area contributed by atoms with Crippen molar-refractivity contribution in [3.63, 3.8) is 0 Å². The molecule has 1 heterocycles. The third kappa shape index (κ3) is 2.45. The van der Waals surface area contributed by atoms with Crippen LogP contribution < -0.4 is 0 Å². The summed E-state index contributed by atoms with van der Waals surface area (Å²) in [7, 11) is 0. The maximum Gasteiger partial charge on any atom is 0.357 e. The van der Waals surface area contributed by atoms with Crippen LogP contribution in [0, 0.1) is 11.3 Å². The second-order valence-corrected chi connectivity index (χ2v) is 5.37. The van der Waals surface area contributed by atoms with Crippen LogP contribution in [0.15, 0.2) is 28.7 Å². The highest BCUT2D eigenvalue weighted by atomic mass is 79.9. The van der Waals surface area contributed by atoms with E-state index in [0.29, 0.717) is 15.7 Å². The van der Waals surface area contributed by atoms with E-state index in [1.807, 2.05) is 13.8 Å². The lowest BCUT2D eigenvalue weighted by molar-refractivity contribution is 0.0689. The molecule has 0 fully saturated rings. The Morgan fingerprint density at radius 1 is 1.50 bits per heavy atom. The Bertz CT molecular complexity index is 714. The highest BCUT2D eigenvalue weighted by molar-refractivity contribution is 9.10. The van der Waals surface area contributed by atoms with Crippen LogP contribution in [0.5, 0.6) is 0 Å². The van der Waals surface area contributed by atoms with Crippen LogP contribution in [-0.2, 0) is 0 Å². The number of halogens is 1. The van der Waals surface area contributed by atoms with Crippen molar-refractivity contribution < 1.29 is 9.90 Å². The molecule has 0 spiro atoms. The second-order valence-electron chi connectivity index (χ2n) is 4.58. The summed E-state index contributed by atoms with van der Waals surface area (Å²) in [6.45, 7) is 3.91. The van der Waals surface area contributed by atoms with Gasteiger partial charge in [-0.15, -0.1) is 0 Å². The fraction of sp³-hybridized carbons (Fsp3) is 0.214. The number of aromatic nitrogens is 2. The van der Waals surface area contributed by atoms with Gasteiger partial charge in [-0.3, -0.25) is 0 Å². The van der Waals surface area contributed by atoms with E-state index in [9.17, 15) is 9.90 Å². The van der Waals surface area contributed by atoms with E-state index in [0.717, 1.165) is 5.69 Å². The van der Waals surface area contributed by atoms with Crippen LogP contribution in [0.3, 0.4) is 0 Å². The summed E-state index contributed by atoms with van der Waals surface area (Å²) in [5, 5.41) is 22.3. The summed E-state index contributed by atoms with van der Waals surface area (Å²) >= 11 is 3.31. The molecule has 0 atom stereocenters. The van der Waals surface area contributed by atoms with Gasteiger partial charge in [-0.1, -0.05) is 19.9 Å². The molecule has 0 amide bonds. The minimum atomic E-state index is -1.09. The van der Waals surface area contributed by atoms with Gasteiger partial charge in [0.15, 0.2) is 5.69 Å². The number of hydrogen-bond donors (Lipinski definition) is 1. The predicted octanol–water partition coefficient (Wildman–Crippen LogP) is 3.33. The summed E-state index contributed by atoms with van der Waals surface area (Å²) < 4.78 is 2.04. The van der Waals surface area contributed by atoms with Crippen molar-refractivity contribution >= 4 is 21.9 Å². The summed E-state index contributed by atoms with van der Waals surface area (Å²) in [6, 6.07) is 8.96. The van der Waals surface area contributed by atoms with Crippen molar-refractivity contribution in [1.29, 1.82) is 5.26 Å². The maximum atomic E-state index is 11.2. The van der Waals surface area contributed by atoms with Gasteiger partial charge >= 0.3 is 5.97 Å². The number of rotatable bonds is 3. The Hall–Kier alpha value is -2.13. The number of carboxylic acids is 1. The van der Waals surface area contributed by atoms with E-state index in [1.54, 1.807) is 28.9 Å². The van der Waals surface area contributed by atoms with E-state index < -0.39 is 5.97 Å². The van der Waals surface area contributed by atoms with Crippen molar-refractivity contribution in [2.24, 2.45) is 0 Å². The van der Waals surface area contributed by atoms with E-state index >= 15 is 0 Å². The lowest BCUT2D eigenvalue weighted by atomic mass is 10.1. The Morgan fingerprint density at radius 2 is 2.20 bits per heavy atom. The largest absolute Gasteiger partial charge is 0.476 e. The number of hydrogen-bond acceptors (Lipinski definition) is 3. The molecule has 102 valence electrons. The fourth-order valence-corrected chi connectivity index (χ4v) is 2.83. The minimum absolute atomic E-state index is 0.0314. The molecule has 0 aliphatic heterocycles. The molecule has 20 heavy (non-hydrogen) atoms. The van der Waals surface area contributed by atoms with E-state index in [-0.39, 0.29) is 11.6 Å². The molecule has 2 rings (SSSR count). The molecule has 0 saturated carbocycles. The van der Waals surface area contributed by atoms with Gasteiger partial charge in [-0.05, 0) is 40.0 Å². The molecule has 0 aliphatic carbocycles. The Morgan fingerprint density at radius 3 is 2.75 bits per heavy atom. The van der Waals surface area contributed by atoms with Gasteiger partial charge in [-0.25, -0.2) is 9.48 Å². The number of nitrogens with zero attached hydrogens (tertiary/aromatic N) is 3. The van der Waals surface area contributed by atoms with Crippen LogP contribution in [-0.4, -0.2) is 20.9 Å². The number of carboxylic acid groups (broad SMARTS) is 1. The van der Waals surface area contributed by atoms with Gasteiger partial charge in [0.25, 0.3) is 0 Å². The van der Waals surface area contributed by atoms with E-state index in [2.05, 4.69) is 27.1 Å². The molecule has 0 unspecified atom stereocenters. The first-order valence-electron chi connectivity index (χ1n) is 5.98. The zero-order chi connectivity index (χ0) is 14.9. The Labute approximate surface area is 124 Å². The first-order valence-corrected chi connectivity index (χ1v) is 6.77. The summed E-state index contributed by atoms with van der Waals surface area (Å²) in [5.41, 5.74) is 1.90. The third-order valence-corrected chi connectivity index (χ3v) is 3.61. The molecule has 2 aromatic rings. The molecular weight excluding hydrogens is 322 g/mol. The first-order chi connectivity index (χ1) is 9.45. The number of benzene rings is 1. The molecule has 0 saturated heterocycles. The van der Waals surface area contributed by atoms with Crippen LogP contribution in [0.4, 0.5) is 0 Å². The Balaban J connectivity index is 2.70. The summed E-state index contributed by atoms with van der Waals surface area (Å²) in [4.78, 5) is 11.2. The van der Waals surface area contributed by atoms with Gasteiger partial charge in [0, 0.05) is 0 Å². The van der Waals surface area contributed by atoms with Gasteiger partial charge in [0.2, 0.25) is 0 Å². The van der Waals surface area contributed by atoms with Crippen LogP contribution in [0.1, 0.15) is 41.5 Å². The lowest BCUT2D eigenvalue weighted by Crippen LogP contribution is -2.05. The number of carbonyl (C=O) groups is 1. The van der Waals surface area contributed by atoms with E-state index in [4.69, 9.17) is 5.26 Å². The van der Waals surface area contributed by atoms with Crippen LogP contribution >= 0.6 is 15.9 Å². The normalized spacial score (nSPS) is 10.6. The SMILES string of the molecule is CC(C)c1c(Br)c(C(=O)O)nn1-c1cccc(C#N)c1. The topological polar surface area (TPSA) is 78.9 Å². The average molecular weight is 334 g/mol. The summed E-state index contributed by atoms with van der Waals surface area (Å²) in [6.07, 6.45) is 0. The van der Waals surface area contributed by atoms with Crippen molar-refractivity contribution in [2.75, 3.05) is 0 Å². The van der Waals surface area contributed by atoms with Crippen molar-refractivity contribution in [2.45, 2.75) is 19.8 Å². The predicted molar refractivity (Wildman–Crippen MR) is 77.0 cm³/mol. The van der Waals surface area contributed by atoms with Crippen molar-refractivity contribution in [1.82, 2.24) is 9.78 Å². The van der Waals surface area contributed by atoms with Gasteiger partial charge in [0.05, 0.1) is 27.5 Å². The van der Waals surface area contributed by atoms with Crippen molar-refractivity contribution in [3.05, 3.63) is 45.7 Å². The molecule has 1 N–H and O–H groups in total. The highest BCUT2D eigenvalue weighted by Gasteiger charge is 2.23. The monoisotopic (exact) mass is 333 g/mol. The van der Waals surface area contributed by atoms with Gasteiger partial charge in [-0.2, -0.15) is 10.4 Å². The number of aromatic carboxylic acids is 1. The molecular formula is C14H12BrN3O2. The molecule has 5 nitrogen and oxygen atoms in total. The average Bonchev–Trinajstić information content (AvgIpc) is 2.76. The quantitative estimate of drug-likeness (QED) is 0.934. The summed E-state index contributed by atoms with van der Waals surface area (Å²) in [5.74, 6) is -1.01. The lowest BCUT2D eigenvalue weighted by Gasteiger charge is -2.10. The van der Waals surface area contributed by atoms with Gasteiger partial charge in [0.1, 0.15) is 0 Å². The smallest absolute Gasteiger partial charge is 0.357 e. The third-order valence-electron chi connectivity index (χ3n) is 2.83.